The van der Waals surface area contributed by atoms with Crippen molar-refractivity contribution in [2.24, 2.45) is 11.8 Å². The highest BCUT2D eigenvalue weighted by Gasteiger charge is 2.55. The van der Waals surface area contributed by atoms with Gasteiger partial charge in [-0.1, -0.05) is 45.0 Å². The number of hydrogen-bond donors (Lipinski definition) is 4. The van der Waals surface area contributed by atoms with E-state index in [1.807, 2.05) is 12.1 Å². The van der Waals surface area contributed by atoms with Gasteiger partial charge in [0.25, 0.3) is 0 Å². The Morgan fingerprint density at radius 2 is 1.80 bits per heavy atom. The number of carbonyl (C=O) groups is 1. The maximum atomic E-state index is 13.2. The highest BCUT2D eigenvalue weighted by atomic mass is 19.4. The van der Waals surface area contributed by atoms with Crippen LogP contribution in [0.4, 0.5) is 13.2 Å². The molecule has 1 saturated carbocycles. The molecule has 3 fully saturated rings. The summed E-state index contributed by atoms with van der Waals surface area (Å²) >= 11 is 0. The molecule has 2 aliphatic heterocycles. The summed E-state index contributed by atoms with van der Waals surface area (Å²) in [5, 5.41) is 16.9. The second-order valence-corrected chi connectivity index (χ2v) is 9.66. The van der Waals surface area contributed by atoms with Gasteiger partial charge >= 0.3 is 6.18 Å². The van der Waals surface area contributed by atoms with Gasteiger partial charge in [-0.05, 0) is 35.3 Å². The van der Waals surface area contributed by atoms with Gasteiger partial charge in [0.1, 0.15) is 0 Å². The zero-order valence-electron chi connectivity index (χ0n) is 17.3. The molecule has 0 bridgehead atoms. The molecule has 2 heterocycles. The number of rotatable bonds is 4. The van der Waals surface area contributed by atoms with E-state index in [1.165, 1.54) is 5.56 Å². The van der Waals surface area contributed by atoms with Crippen LogP contribution in [0, 0.1) is 11.8 Å². The summed E-state index contributed by atoms with van der Waals surface area (Å²) in [5.41, 5.74) is 5.15. The quantitative estimate of drug-likeness (QED) is 0.595. The maximum Gasteiger partial charge on any atom is 0.390 e. The number of halogens is 3. The normalized spacial score (nSPS) is 31.4. The molecular weight excluding hydrogens is 397 g/mol. The van der Waals surface area contributed by atoms with Crippen LogP contribution in [-0.4, -0.2) is 40.8 Å². The highest BCUT2D eigenvalue weighted by molar-refractivity contribution is 5.81. The molecule has 1 aromatic rings. The molecule has 6 nitrogen and oxygen atoms in total. The van der Waals surface area contributed by atoms with Gasteiger partial charge in [0.2, 0.25) is 5.91 Å². The van der Waals surface area contributed by atoms with Crippen LogP contribution in [0.15, 0.2) is 24.3 Å². The predicted octanol–water partition coefficient (Wildman–Crippen LogP) is 2.51. The lowest BCUT2D eigenvalue weighted by Crippen LogP contribution is -2.64. The molecule has 5 unspecified atom stereocenters. The molecule has 2 saturated heterocycles. The molecule has 4 N–H and O–H groups in total. The van der Waals surface area contributed by atoms with Crippen molar-refractivity contribution in [1.82, 2.24) is 21.1 Å². The molecule has 5 atom stereocenters. The first-order chi connectivity index (χ1) is 13.9. The summed E-state index contributed by atoms with van der Waals surface area (Å²) in [4.78, 5) is 12.5. The lowest BCUT2D eigenvalue weighted by molar-refractivity contribution is -0.147. The molecule has 166 valence electrons. The van der Waals surface area contributed by atoms with Gasteiger partial charge in [-0.25, -0.2) is 10.4 Å². The van der Waals surface area contributed by atoms with Crippen molar-refractivity contribution >= 4 is 5.91 Å². The van der Waals surface area contributed by atoms with Gasteiger partial charge in [0.05, 0.1) is 24.5 Å². The Hall–Kier alpha value is -1.68. The van der Waals surface area contributed by atoms with E-state index in [0.717, 1.165) is 18.4 Å². The molecule has 0 spiro atoms. The summed E-state index contributed by atoms with van der Waals surface area (Å²) in [6, 6.07) is 6.89. The van der Waals surface area contributed by atoms with Gasteiger partial charge in [-0.3, -0.25) is 10.1 Å². The van der Waals surface area contributed by atoms with Crippen molar-refractivity contribution in [3.05, 3.63) is 35.4 Å². The number of hydrazine groups is 1. The third-order valence-corrected chi connectivity index (χ3v) is 6.24. The zero-order valence-corrected chi connectivity index (χ0v) is 17.3. The summed E-state index contributed by atoms with van der Waals surface area (Å²) in [6.45, 7) is 6.38. The zero-order chi connectivity index (χ0) is 21.8. The van der Waals surface area contributed by atoms with E-state index in [2.05, 4.69) is 49.0 Å². The van der Waals surface area contributed by atoms with Gasteiger partial charge in [0.15, 0.2) is 6.35 Å². The third kappa shape index (κ3) is 4.34. The Balaban J connectivity index is 1.66. The smallest absolute Gasteiger partial charge is 0.361 e. The first kappa shape index (κ1) is 21.5. The molecule has 1 aliphatic carbocycles. The Labute approximate surface area is 174 Å². The van der Waals surface area contributed by atoms with Gasteiger partial charge < -0.3 is 10.4 Å². The summed E-state index contributed by atoms with van der Waals surface area (Å²) < 4.78 is 39.6. The highest BCUT2D eigenvalue weighted by Crippen LogP contribution is 2.47. The van der Waals surface area contributed by atoms with Crippen molar-refractivity contribution in [1.29, 1.82) is 0 Å². The van der Waals surface area contributed by atoms with Crippen LogP contribution in [0.2, 0.25) is 0 Å². The van der Waals surface area contributed by atoms with Crippen LogP contribution >= 0.6 is 0 Å². The number of aliphatic hydroxyl groups is 1. The summed E-state index contributed by atoms with van der Waals surface area (Å²) in [5.74, 6) is -1.24. The summed E-state index contributed by atoms with van der Waals surface area (Å²) in [7, 11) is 0. The molecule has 9 heteroatoms. The van der Waals surface area contributed by atoms with Crippen molar-refractivity contribution < 1.29 is 23.1 Å². The monoisotopic (exact) mass is 426 g/mol. The number of carbonyl (C=O) groups excluding carboxylic acids is 1. The number of nitrogens with one attached hydrogen (secondary N) is 3. The molecule has 30 heavy (non-hydrogen) atoms. The number of nitrogens with zero attached hydrogens (tertiary/aromatic N) is 1. The van der Waals surface area contributed by atoms with Crippen molar-refractivity contribution in [2.75, 3.05) is 0 Å². The van der Waals surface area contributed by atoms with E-state index in [0.29, 0.717) is 0 Å². The average Bonchev–Trinajstić information content (AvgIpc) is 3.37. The molecule has 1 aromatic carbocycles. The number of hydrogen-bond acceptors (Lipinski definition) is 5. The SMILES string of the molecule is CC(C)(C)c1ccc(C(C2CC2)N2NC(CC(F)(F)F)C3C(=O)NC(O)NC32)cc1. The average molecular weight is 426 g/mol. The fraction of sp³-hybridized carbons (Fsp3) is 0.667. The maximum absolute atomic E-state index is 13.2. The van der Waals surface area contributed by atoms with Crippen LogP contribution in [0.5, 0.6) is 0 Å². The van der Waals surface area contributed by atoms with Crippen LogP contribution < -0.4 is 16.1 Å². The van der Waals surface area contributed by atoms with Crippen molar-refractivity contribution in [3.63, 3.8) is 0 Å². The fourth-order valence-corrected chi connectivity index (χ4v) is 4.62. The van der Waals surface area contributed by atoms with E-state index >= 15 is 0 Å². The number of fused-ring (bicyclic) bond motifs is 1. The first-order valence-electron chi connectivity index (χ1n) is 10.4. The second-order valence-electron chi connectivity index (χ2n) is 9.66. The third-order valence-electron chi connectivity index (χ3n) is 6.24. The topological polar surface area (TPSA) is 76.6 Å². The van der Waals surface area contributed by atoms with Gasteiger partial charge in [0, 0.05) is 6.04 Å². The van der Waals surface area contributed by atoms with E-state index in [1.54, 1.807) is 5.01 Å². The van der Waals surface area contributed by atoms with Crippen LogP contribution in [0.1, 0.15) is 57.2 Å². The Kier molecular flexibility index (Phi) is 5.37. The van der Waals surface area contributed by atoms with E-state index in [4.69, 9.17) is 0 Å². The van der Waals surface area contributed by atoms with Crippen LogP contribution in [0.25, 0.3) is 0 Å². The lowest BCUT2D eigenvalue weighted by atomic mass is 9.86. The van der Waals surface area contributed by atoms with Crippen molar-refractivity contribution in [3.8, 4) is 0 Å². The largest absolute Gasteiger partial charge is 0.390 e. The second kappa shape index (κ2) is 7.47. The number of aliphatic hydroxyl groups excluding tert-OH is 1. The molecule has 1 amide bonds. The Morgan fingerprint density at radius 1 is 1.17 bits per heavy atom. The number of alkyl halides is 3. The molecule has 3 aliphatic rings. The predicted molar refractivity (Wildman–Crippen MR) is 105 cm³/mol. The first-order valence-corrected chi connectivity index (χ1v) is 10.4. The van der Waals surface area contributed by atoms with Crippen LogP contribution in [-0.2, 0) is 10.2 Å². The molecular formula is C21H29F3N4O2. The molecule has 0 radical (unpaired) electrons. The minimum Gasteiger partial charge on any atom is -0.361 e. The summed E-state index contributed by atoms with van der Waals surface area (Å²) in [6.07, 6.45) is -5.60. The van der Waals surface area contributed by atoms with Gasteiger partial charge in [-0.15, -0.1) is 0 Å². The molecule has 0 aromatic heterocycles. The fourth-order valence-electron chi connectivity index (χ4n) is 4.62. The van der Waals surface area contributed by atoms with E-state index < -0.39 is 43.0 Å². The molecule has 4 rings (SSSR count). The van der Waals surface area contributed by atoms with E-state index in [9.17, 15) is 23.1 Å². The number of benzene rings is 1. The van der Waals surface area contributed by atoms with Gasteiger partial charge in [-0.2, -0.15) is 13.2 Å². The minimum atomic E-state index is -4.40. The minimum absolute atomic E-state index is 0.00444. The Bertz CT molecular complexity index is 789. The Morgan fingerprint density at radius 3 is 2.33 bits per heavy atom. The number of amides is 1. The van der Waals surface area contributed by atoms with E-state index in [-0.39, 0.29) is 17.4 Å². The standard InChI is InChI=1S/C21H29F3N4O2/c1-20(2,3)13-8-6-12(7-9-13)16(11-4-5-11)28-17-15(18(29)26-19(30)25-17)14(27-28)10-21(22,23)24/h6-9,11,14-17,19,25,27,30H,4-5,10H2,1-3H3,(H,26,29). The van der Waals surface area contributed by atoms with Crippen molar-refractivity contribution in [2.45, 2.75) is 76.2 Å². The lowest BCUT2D eigenvalue weighted by Gasteiger charge is -2.38. The van der Waals surface area contributed by atoms with Crippen LogP contribution in [0.3, 0.4) is 0 Å².